The van der Waals surface area contributed by atoms with E-state index in [1.165, 1.54) is 6.42 Å². The number of nitrogens with zero attached hydrogens (tertiary/aromatic N) is 1. The predicted molar refractivity (Wildman–Crippen MR) is 81.8 cm³/mol. The first-order chi connectivity index (χ1) is 9.49. The van der Waals surface area contributed by atoms with Gasteiger partial charge in [0.15, 0.2) is 0 Å². The van der Waals surface area contributed by atoms with Crippen molar-refractivity contribution < 1.29 is 14.6 Å². The molecule has 4 nitrogen and oxygen atoms in total. The molecular formula is C16H33NO3. The number of hydrogen-bond donors (Lipinski definition) is 1. The molecule has 0 aromatic heterocycles. The van der Waals surface area contributed by atoms with Gasteiger partial charge in [-0.3, -0.25) is 4.90 Å². The summed E-state index contributed by atoms with van der Waals surface area (Å²) in [5.41, 5.74) is 0. The number of aliphatic hydroxyl groups excluding tert-OH is 1. The van der Waals surface area contributed by atoms with Crippen molar-refractivity contribution in [2.45, 2.75) is 45.8 Å². The molecule has 120 valence electrons. The molecule has 0 saturated heterocycles. The Morgan fingerprint density at radius 3 is 2.45 bits per heavy atom. The Hall–Kier alpha value is -0.160. The summed E-state index contributed by atoms with van der Waals surface area (Å²) in [5.74, 6) is 1.58. The minimum atomic E-state index is -0.173. The van der Waals surface area contributed by atoms with Gasteiger partial charge in [0.25, 0.3) is 0 Å². The topological polar surface area (TPSA) is 41.9 Å². The first kappa shape index (κ1) is 17.9. The summed E-state index contributed by atoms with van der Waals surface area (Å²) in [6.45, 7) is 9.97. The molecule has 1 N–H and O–H groups in total. The van der Waals surface area contributed by atoms with Crippen LogP contribution >= 0.6 is 0 Å². The Labute approximate surface area is 124 Å². The molecule has 1 rings (SSSR count). The standard InChI is InChI=1S/C16H33NO3/c1-12-8-13(2)15(16(18)9-12)10-17(6-7-19-4)14(3)11-20-5/h12-16,18H,6-11H2,1-5H3. The van der Waals surface area contributed by atoms with Crippen LogP contribution in [0.3, 0.4) is 0 Å². The number of aliphatic hydroxyl groups is 1. The highest BCUT2D eigenvalue weighted by Gasteiger charge is 2.34. The summed E-state index contributed by atoms with van der Waals surface area (Å²) >= 11 is 0. The molecule has 0 aliphatic heterocycles. The van der Waals surface area contributed by atoms with Crippen molar-refractivity contribution in [1.82, 2.24) is 4.90 Å². The summed E-state index contributed by atoms with van der Waals surface area (Å²) in [4.78, 5) is 2.40. The van der Waals surface area contributed by atoms with E-state index in [0.717, 1.165) is 32.7 Å². The molecule has 0 bridgehead atoms. The van der Waals surface area contributed by atoms with E-state index >= 15 is 0 Å². The molecule has 1 aliphatic rings. The molecular weight excluding hydrogens is 254 g/mol. The number of ether oxygens (including phenoxy) is 2. The normalized spacial score (nSPS) is 32.5. The van der Waals surface area contributed by atoms with Crippen molar-refractivity contribution >= 4 is 0 Å². The zero-order valence-corrected chi connectivity index (χ0v) is 13.8. The van der Waals surface area contributed by atoms with Crippen molar-refractivity contribution in [1.29, 1.82) is 0 Å². The van der Waals surface area contributed by atoms with Crippen LogP contribution in [0.25, 0.3) is 0 Å². The van der Waals surface area contributed by atoms with Crippen LogP contribution in [0.15, 0.2) is 0 Å². The highest BCUT2D eigenvalue weighted by Crippen LogP contribution is 2.34. The third kappa shape index (κ3) is 5.32. The maximum Gasteiger partial charge on any atom is 0.0615 e. The summed E-state index contributed by atoms with van der Waals surface area (Å²) in [6.07, 6.45) is 1.98. The van der Waals surface area contributed by atoms with Gasteiger partial charge in [-0.2, -0.15) is 0 Å². The SMILES string of the molecule is COCCN(CC1C(C)CC(C)CC1O)C(C)COC. The Morgan fingerprint density at radius 1 is 1.20 bits per heavy atom. The lowest BCUT2D eigenvalue weighted by molar-refractivity contribution is -0.0191. The summed E-state index contributed by atoms with van der Waals surface area (Å²) in [5, 5.41) is 10.4. The molecule has 0 amide bonds. The number of hydrogen-bond acceptors (Lipinski definition) is 4. The van der Waals surface area contributed by atoms with Crippen LogP contribution in [0.1, 0.15) is 33.6 Å². The molecule has 20 heavy (non-hydrogen) atoms. The lowest BCUT2D eigenvalue weighted by atomic mass is 9.73. The molecule has 0 aromatic carbocycles. The van der Waals surface area contributed by atoms with Crippen molar-refractivity contribution in [2.75, 3.05) is 40.5 Å². The van der Waals surface area contributed by atoms with Crippen LogP contribution in [0.5, 0.6) is 0 Å². The van der Waals surface area contributed by atoms with Crippen LogP contribution in [0.2, 0.25) is 0 Å². The fourth-order valence-corrected chi connectivity index (χ4v) is 3.49. The zero-order valence-electron chi connectivity index (χ0n) is 13.8. The Kier molecular flexibility index (Phi) is 8.03. The summed E-state index contributed by atoms with van der Waals surface area (Å²) in [7, 11) is 3.48. The van der Waals surface area contributed by atoms with Gasteiger partial charge in [-0.25, -0.2) is 0 Å². The lowest BCUT2D eigenvalue weighted by Gasteiger charge is -2.41. The summed E-state index contributed by atoms with van der Waals surface area (Å²) < 4.78 is 10.5. The van der Waals surface area contributed by atoms with Crippen LogP contribution < -0.4 is 0 Å². The van der Waals surface area contributed by atoms with Gasteiger partial charge in [0, 0.05) is 39.3 Å². The Morgan fingerprint density at radius 2 is 1.90 bits per heavy atom. The van der Waals surface area contributed by atoms with E-state index in [2.05, 4.69) is 25.7 Å². The third-order valence-electron chi connectivity index (χ3n) is 4.70. The smallest absolute Gasteiger partial charge is 0.0615 e. The largest absolute Gasteiger partial charge is 0.393 e. The fourth-order valence-electron chi connectivity index (χ4n) is 3.49. The number of methoxy groups -OCH3 is 2. The Balaban J connectivity index is 2.62. The fraction of sp³-hybridized carbons (Fsp3) is 1.00. The second-order valence-electron chi connectivity index (χ2n) is 6.58. The molecule has 5 atom stereocenters. The highest BCUT2D eigenvalue weighted by molar-refractivity contribution is 4.86. The van der Waals surface area contributed by atoms with Gasteiger partial charge < -0.3 is 14.6 Å². The van der Waals surface area contributed by atoms with Gasteiger partial charge in [-0.05, 0) is 31.6 Å². The molecule has 4 heteroatoms. The molecule has 1 saturated carbocycles. The second kappa shape index (κ2) is 8.98. The van der Waals surface area contributed by atoms with E-state index < -0.39 is 0 Å². The first-order valence-corrected chi connectivity index (χ1v) is 7.89. The van der Waals surface area contributed by atoms with Gasteiger partial charge in [0.05, 0.1) is 19.3 Å². The predicted octanol–water partition coefficient (Wildman–Crippen LogP) is 2.01. The molecule has 0 radical (unpaired) electrons. The maximum absolute atomic E-state index is 10.4. The molecule has 0 aromatic rings. The average molecular weight is 287 g/mol. The van der Waals surface area contributed by atoms with Crippen molar-refractivity contribution in [3.8, 4) is 0 Å². The van der Waals surface area contributed by atoms with Gasteiger partial charge >= 0.3 is 0 Å². The van der Waals surface area contributed by atoms with E-state index in [1.54, 1.807) is 14.2 Å². The lowest BCUT2D eigenvalue weighted by Crippen LogP contribution is -2.47. The van der Waals surface area contributed by atoms with E-state index in [4.69, 9.17) is 9.47 Å². The van der Waals surface area contributed by atoms with E-state index in [1.807, 2.05) is 0 Å². The molecule has 5 unspecified atom stereocenters. The highest BCUT2D eigenvalue weighted by atomic mass is 16.5. The van der Waals surface area contributed by atoms with Crippen molar-refractivity contribution in [2.24, 2.45) is 17.8 Å². The van der Waals surface area contributed by atoms with Gasteiger partial charge in [-0.15, -0.1) is 0 Å². The molecule has 1 fully saturated rings. The van der Waals surface area contributed by atoms with Gasteiger partial charge in [-0.1, -0.05) is 13.8 Å². The maximum atomic E-state index is 10.4. The van der Waals surface area contributed by atoms with Crippen LogP contribution in [-0.4, -0.2) is 62.7 Å². The Bertz CT molecular complexity index is 250. The zero-order chi connectivity index (χ0) is 15.1. The average Bonchev–Trinajstić information content (AvgIpc) is 2.37. The van der Waals surface area contributed by atoms with Gasteiger partial charge in [0.2, 0.25) is 0 Å². The molecule has 0 heterocycles. The molecule has 0 spiro atoms. The second-order valence-corrected chi connectivity index (χ2v) is 6.58. The van der Waals surface area contributed by atoms with Crippen LogP contribution in [0, 0.1) is 17.8 Å². The van der Waals surface area contributed by atoms with Crippen molar-refractivity contribution in [3.63, 3.8) is 0 Å². The summed E-state index contributed by atoms with van der Waals surface area (Å²) in [6, 6.07) is 0.355. The van der Waals surface area contributed by atoms with Crippen LogP contribution in [-0.2, 0) is 9.47 Å². The molecule has 1 aliphatic carbocycles. The minimum Gasteiger partial charge on any atom is -0.393 e. The number of rotatable bonds is 8. The first-order valence-electron chi connectivity index (χ1n) is 7.89. The third-order valence-corrected chi connectivity index (χ3v) is 4.70. The quantitative estimate of drug-likeness (QED) is 0.741. The van der Waals surface area contributed by atoms with E-state index in [0.29, 0.717) is 23.8 Å². The van der Waals surface area contributed by atoms with Crippen molar-refractivity contribution in [3.05, 3.63) is 0 Å². The van der Waals surface area contributed by atoms with E-state index in [9.17, 15) is 5.11 Å². The monoisotopic (exact) mass is 287 g/mol. The van der Waals surface area contributed by atoms with E-state index in [-0.39, 0.29) is 6.10 Å². The minimum absolute atomic E-state index is 0.173. The van der Waals surface area contributed by atoms with Crippen LogP contribution in [0.4, 0.5) is 0 Å². The van der Waals surface area contributed by atoms with Gasteiger partial charge in [0.1, 0.15) is 0 Å².